The Balaban J connectivity index is 1.99. The second-order valence-electron chi connectivity index (χ2n) is 5.51. The van der Waals surface area contributed by atoms with Crippen LogP contribution in [0.1, 0.15) is 31.2 Å². The van der Waals surface area contributed by atoms with Crippen LogP contribution in [0, 0.1) is 0 Å². The average Bonchev–Trinajstić information content (AvgIpc) is 2.59. The molecule has 5 heteroatoms. The van der Waals surface area contributed by atoms with Crippen LogP contribution in [-0.4, -0.2) is 37.0 Å². The van der Waals surface area contributed by atoms with Crippen molar-refractivity contribution in [1.82, 2.24) is 0 Å². The van der Waals surface area contributed by atoms with Gasteiger partial charge in [0.2, 0.25) is 0 Å². The molecule has 2 atom stereocenters. The predicted octanol–water partition coefficient (Wildman–Crippen LogP) is 2.61. The molecular formula is C18H24O5. The van der Waals surface area contributed by atoms with Gasteiger partial charge in [-0.25, -0.2) is 0 Å². The molecule has 0 amide bonds. The Morgan fingerprint density at radius 2 is 2.04 bits per heavy atom. The number of benzene rings is 1. The van der Waals surface area contributed by atoms with Crippen molar-refractivity contribution in [2.24, 2.45) is 0 Å². The van der Waals surface area contributed by atoms with E-state index in [1.807, 2.05) is 30.3 Å². The topological polar surface area (TPSA) is 65.0 Å². The zero-order valence-corrected chi connectivity index (χ0v) is 13.4. The first-order chi connectivity index (χ1) is 11.2. The van der Waals surface area contributed by atoms with Crippen LogP contribution >= 0.6 is 0 Å². The maximum Gasteiger partial charge on any atom is 0.306 e. The number of allylic oxidation sites excluding steroid dienone is 1. The van der Waals surface area contributed by atoms with E-state index >= 15 is 0 Å². The molecule has 126 valence electrons. The summed E-state index contributed by atoms with van der Waals surface area (Å²) in [5.74, 6) is 0.509. The third-order valence-corrected chi connectivity index (χ3v) is 3.79. The van der Waals surface area contributed by atoms with Crippen molar-refractivity contribution in [3.05, 3.63) is 42.0 Å². The van der Waals surface area contributed by atoms with E-state index in [0.717, 1.165) is 24.2 Å². The maximum atomic E-state index is 11.7. The summed E-state index contributed by atoms with van der Waals surface area (Å²) >= 11 is 0. The standard InChI is InChI=1S/C18H24O5/c1-21-15-10-8-14(9-11-15)13-22-16-6-4-2-3-5-7-18(20)23-17(16)12-19/h2,4,8-11,16-17,19H,3,5-7,12-13H2,1H3/b4-2+/t16-,17+/m0/s1. The van der Waals surface area contributed by atoms with Crippen LogP contribution in [0.4, 0.5) is 0 Å². The summed E-state index contributed by atoms with van der Waals surface area (Å²) in [6.07, 6.45) is 5.68. The minimum Gasteiger partial charge on any atom is -0.497 e. The first kappa shape index (κ1) is 17.5. The molecule has 0 aliphatic carbocycles. The Hall–Kier alpha value is -1.85. The summed E-state index contributed by atoms with van der Waals surface area (Å²) in [6, 6.07) is 7.59. The molecule has 0 unspecified atom stereocenters. The number of hydrogen-bond acceptors (Lipinski definition) is 5. The normalized spacial score (nSPS) is 23.8. The van der Waals surface area contributed by atoms with Gasteiger partial charge in [-0.15, -0.1) is 0 Å². The number of cyclic esters (lactones) is 1. The highest BCUT2D eigenvalue weighted by molar-refractivity contribution is 5.69. The molecule has 1 N–H and O–H groups in total. The van der Waals surface area contributed by atoms with Crippen molar-refractivity contribution >= 4 is 5.97 Å². The van der Waals surface area contributed by atoms with Gasteiger partial charge in [-0.1, -0.05) is 24.3 Å². The summed E-state index contributed by atoms with van der Waals surface area (Å²) < 4.78 is 16.4. The molecule has 1 aliphatic rings. The molecule has 1 aromatic rings. The van der Waals surface area contributed by atoms with Crippen molar-refractivity contribution in [1.29, 1.82) is 0 Å². The highest BCUT2D eigenvalue weighted by Gasteiger charge is 2.25. The molecule has 1 heterocycles. The Morgan fingerprint density at radius 1 is 1.26 bits per heavy atom. The van der Waals surface area contributed by atoms with Gasteiger partial charge in [-0.05, 0) is 37.0 Å². The lowest BCUT2D eigenvalue weighted by atomic mass is 10.1. The predicted molar refractivity (Wildman–Crippen MR) is 86.1 cm³/mol. The molecule has 0 saturated heterocycles. The van der Waals surface area contributed by atoms with Gasteiger partial charge in [-0.2, -0.15) is 0 Å². The van der Waals surface area contributed by atoms with Gasteiger partial charge < -0.3 is 19.3 Å². The van der Waals surface area contributed by atoms with Crippen molar-refractivity contribution in [2.75, 3.05) is 13.7 Å². The third-order valence-electron chi connectivity index (χ3n) is 3.79. The van der Waals surface area contributed by atoms with Gasteiger partial charge in [0.1, 0.15) is 11.9 Å². The van der Waals surface area contributed by atoms with Crippen molar-refractivity contribution < 1.29 is 24.1 Å². The number of aliphatic hydroxyl groups excluding tert-OH is 1. The summed E-state index contributed by atoms with van der Waals surface area (Å²) in [4.78, 5) is 11.7. The number of carbonyl (C=O) groups excluding carboxylic acids is 1. The fourth-order valence-corrected chi connectivity index (χ4v) is 2.42. The second-order valence-corrected chi connectivity index (χ2v) is 5.51. The largest absolute Gasteiger partial charge is 0.497 e. The molecular weight excluding hydrogens is 296 g/mol. The summed E-state index contributed by atoms with van der Waals surface area (Å²) in [6.45, 7) is 0.142. The third kappa shape index (κ3) is 5.69. The quantitative estimate of drug-likeness (QED) is 0.667. The molecule has 1 aromatic carbocycles. The molecule has 0 spiro atoms. The number of aliphatic hydroxyl groups is 1. The number of hydrogen-bond donors (Lipinski definition) is 1. The fraction of sp³-hybridized carbons (Fsp3) is 0.500. The zero-order chi connectivity index (χ0) is 16.5. The molecule has 0 bridgehead atoms. The lowest BCUT2D eigenvalue weighted by Crippen LogP contribution is -2.36. The highest BCUT2D eigenvalue weighted by atomic mass is 16.6. The SMILES string of the molecule is COc1ccc(CO[C@H]2C/C=C/CCCC(=O)O[C@@H]2CO)cc1. The fourth-order valence-electron chi connectivity index (χ4n) is 2.42. The van der Waals surface area contributed by atoms with Gasteiger partial charge in [0.25, 0.3) is 0 Å². The van der Waals surface area contributed by atoms with E-state index in [9.17, 15) is 9.90 Å². The van der Waals surface area contributed by atoms with E-state index < -0.39 is 6.10 Å². The van der Waals surface area contributed by atoms with E-state index in [1.165, 1.54) is 0 Å². The Bertz CT molecular complexity index is 509. The zero-order valence-electron chi connectivity index (χ0n) is 13.4. The van der Waals surface area contributed by atoms with Gasteiger partial charge in [0.05, 0.1) is 20.3 Å². The first-order valence-electron chi connectivity index (χ1n) is 7.93. The van der Waals surface area contributed by atoms with Gasteiger partial charge in [0.15, 0.2) is 6.10 Å². The van der Waals surface area contributed by atoms with Crippen LogP contribution in [0.3, 0.4) is 0 Å². The van der Waals surface area contributed by atoms with Crippen LogP contribution in [0.15, 0.2) is 36.4 Å². The number of ether oxygens (including phenoxy) is 3. The summed E-state index contributed by atoms with van der Waals surface area (Å²) in [5.41, 5.74) is 0.995. The molecule has 23 heavy (non-hydrogen) atoms. The van der Waals surface area contributed by atoms with Crippen LogP contribution in [0.25, 0.3) is 0 Å². The number of carbonyl (C=O) groups is 1. The van der Waals surface area contributed by atoms with Crippen molar-refractivity contribution in [3.63, 3.8) is 0 Å². The Morgan fingerprint density at radius 3 is 2.74 bits per heavy atom. The minimum absolute atomic E-state index is 0.243. The van der Waals surface area contributed by atoms with E-state index in [0.29, 0.717) is 19.4 Å². The summed E-state index contributed by atoms with van der Waals surface area (Å²) in [7, 11) is 1.62. The van der Waals surface area contributed by atoms with E-state index in [2.05, 4.69) is 6.08 Å². The Kier molecular flexibility index (Phi) is 7.10. The average molecular weight is 320 g/mol. The lowest BCUT2D eigenvalue weighted by molar-refractivity contribution is -0.162. The Labute approximate surface area is 136 Å². The van der Waals surface area contributed by atoms with Crippen molar-refractivity contribution in [3.8, 4) is 5.75 Å². The van der Waals surface area contributed by atoms with Gasteiger partial charge >= 0.3 is 5.97 Å². The maximum absolute atomic E-state index is 11.7. The highest BCUT2D eigenvalue weighted by Crippen LogP contribution is 2.17. The van der Waals surface area contributed by atoms with E-state index in [-0.39, 0.29) is 18.7 Å². The molecule has 0 aromatic heterocycles. The van der Waals surface area contributed by atoms with Crippen molar-refractivity contribution in [2.45, 2.75) is 44.5 Å². The van der Waals surface area contributed by atoms with Gasteiger partial charge in [-0.3, -0.25) is 4.79 Å². The van der Waals surface area contributed by atoms with Crippen LogP contribution in [-0.2, 0) is 20.9 Å². The monoisotopic (exact) mass is 320 g/mol. The summed E-state index contributed by atoms with van der Waals surface area (Å²) in [5, 5.41) is 9.53. The molecule has 5 nitrogen and oxygen atoms in total. The second kappa shape index (κ2) is 9.33. The molecule has 1 aliphatic heterocycles. The number of methoxy groups -OCH3 is 1. The smallest absolute Gasteiger partial charge is 0.306 e. The number of esters is 1. The lowest BCUT2D eigenvalue weighted by Gasteiger charge is -2.25. The molecule has 0 fully saturated rings. The van der Waals surface area contributed by atoms with E-state index in [4.69, 9.17) is 14.2 Å². The van der Waals surface area contributed by atoms with Crippen LogP contribution in [0.5, 0.6) is 5.75 Å². The van der Waals surface area contributed by atoms with Crippen LogP contribution in [0.2, 0.25) is 0 Å². The minimum atomic E-state index is -0.636. The van der Waals surface area contributed by atoms with E-state index in [1.54, 1.807) is 7.11 Å². The number of rotatable bonds is 5. The molecule has 0 radical (unpaired) electrons. The first-order valence-corrected chi connectivity index (χ1v) is 7.93. The molecule has 0 saturated carbocycles. The van der Waals surface area contributed by atoms with Crippen LogP contribution < -0.4 is 4.74 Å². The van der Waals surface area contributed by atoms with Gasteiger partial charge in [0, 0.05) is 6.42 Å². The molecule has 2 rings (SSSR count).